The van der Waals surface area contributed by atoms with Crippen LogP contribution in [0.15, 0.2) is 0 Å². The molecule has 0 spiro atoms. The lowest BCUT2D eigenvalue weighted by Crippen LogP contribution is -1.86. The Labute approximate surface area is 48.1 Å². The van der Waals surface area contributed by atoms with Crippen LogP contribution in [-0.4, -0.2) is 22.7 Å². The van der Waals surface area contributed by atoms with E-state index in [-0.39, 0.29) is 0 Å². The molecule has 1 nitrogen and oxygen atoms in total. The molecule has 1 aliphatic carbocycles. The van der Waals surface area contributed by atoms with E-state index in [1.807, 2.05) is 11.8 Å². The maximum Gasteiger partial charge on any atom is 0.0521 e. The molecule has 42 valence electrons. The van der Waals surface area contributed by atoms with Crippen LogP contribution in [0.25, 0.3) is 0 Å². The van der Waals surface area contributed by atoms with Crippen LogP contribution in [-0.2, 0) is 0 Å². The van der Waals surface area contributed by atoms with E-state index in [9.17, 15) is 0 Å². The van der Waals surface area contributed by atoms with Gasteiger partial charge in [0.05, 0.1) is 6.61 Å². The van der Waals surface area contributed by atoms with Crippen LogP contribution in [0.2, 0.25) is 0 Å². The van der Waals surface area contributed by atoms with Crippen LogP contribution >= 0.6 is 11.8 Å². The maximum absolute atomic E-state index is 8.32. The number of aliphatic hydroxyl groups is 1. The minimum absolute atomic E-state index is 0.348. The molecule has 1 fully saturated rings. The average molecular weight is 118 g/mol. The Hall–Kier alpha value is 0.310. The minimum Gasteiger partial charge on any atom is -0.396 e. The third kappa shape index (κ3) is 2.19. The summed E-state index contributed by atoms with van der Waals surface area (Å²) >= 11 is 1.89. The van der Waals surface area contributed by atoms with Crippen molar-refractivity contribution in [2.45, 2.75) is 18.1 Å². The molecule has 0 aromatic carbocycles. The van der Waals surface area contributed by atoms with Gasteiger partial charge in [-0.3, -0.25) is 0 Å². The standard InChI is InChI=1S/C5H10OS/c6-3-4-7-5-1-2-5/h5-6H,1-4H2. The van der Waals surface area contributed by atoms with Crippen molar-refractivity contribution in [2.75, 3.05) is 12.4 Å². The van der Waals surface area contributed by atoms with E-state index in [0.29, 0.717) is 6.61 Å². The fourth-order valence-corrected chi connectivity index (χ4v) is 1.36. The van der Waals surface area contributed by atoms with Gasteiger partial charge in [0.25, 0.3) is 0 Å². The molecule has 1 saturated carbocycles. The first-order chi connectivity index (χ1) is 3.43. The minimum atomic E-state index is 0.348. The number of hydrogen-bond acceptors (Lipinski definition) is 2. The molecule has 0 radical (unpaired) electrons. The Morgan fingerprint density at radius 1 is 1.57 bits per heavy atom. The summed E-state index contributed by atoms with van der Waals surface area (Å²) in [6, 6.07) is 0. The van der Waals surface area contributed by atoms with Gasteiger partial charge in [0.2, 0.25) is 0 Å². The predicted octanol–water partition coefficient (Wildman–Crippen LogP) is 0.874. The molecule has 2 heteroatoms. The molecule has 0 aromatic heterocycles. The molecule has 7 heavy (non-hydrogen) atoms. The van der Waals surface area contributed by atoms with Crippen LogP contribution in [0.4, 0.5) is 0 Å². The van der Waals surface area contributed by atoms with Gasteiger partial charge in [-0.1, -0.05) is 0 Å². The lowest BCUT2D eigenvalue weighted by Gasteiger charge is -1.89. The van der Waals surface area contributed by atoms with Gasteiger partial charge in [-0.2, -0.15) is 11.8 Å². The van der Waals surface area contributed by atoms with E-state index in [4.69, 9.17) is 5.11 Å². The Morgan fingerprint density at radius 3 is 2.71 bits per heavy atom. The largest absolute Gasteiger partial charge is 0.396 e. The maximum atomic E-state index is 8.32. The van der Waals surface area contributed by atoms with Crippen molar-refractivity contribution in [3.8, 4) is 0 Å². The molecule has 0 saturated heterocycles. The molecule has 0 unspecified atom stereocenters. The third-order valence-corrected chi connectivity index (χ3v) is 2.33. The quantitative estimate of drug-likeness (QED) is 0.593. The van der Waals surface area contributed by atoms with Gasteiger partial charge < -0.3 is 5.11 Å². The molecular formula is C5H10OS. The molecule has 0 aromatic rings. The molecule has 0 amide bonds. The van der Waals surface area contributed by atoms with Crippen molar-refractivity contribution in [3.63, 3.8) is 0 Å². The van der Waals surface area contributed by atoms with Gasteiger partial charge in [0, 0.05) is 11.0 Å². The smallest absolute Gasteiger partial charge is 0.0521 e. The Bertz CT molecular complexity index is 52.0. The zero-order valence-corrected chi connectivity index (χ0v) is 5.08. The summed E-state index contributed by atoms with van der Waals surface area (Å²) in [6.07, 6.45) is 2.76. The highest BCUT2D eigenvalue weighted by atomic mass is 32.2. The fraction of sp³-hybridized carbons (Fsp3) is 1.00. The van der Waals surface area contributed by atoms with Crippen molar-refractivity contribution >= 4 is 11.8 Å². The SMILES string of the molecule is OCCSC1CC1. The lowest BCUT2D eigenvalue weighted by atomic mass is 10.9. The number of aliphatic hydroxyl groups excluding tert-OH is 1. The molecular weight excluding hydrogens is 108 g/mol. The van der Waals surface area contributed by atoms with Gasteiger partial charge in [0.1, 0.15) is 0 Å². The second kappa shape index (κ2) is 2.58. The van der Waals surface area contributed by atoms with E-state index in [1.165, 1.54) is 12.8 Å². The van der Waals surface area contributed by atoms with Crippen molar-refractivity contribution in [1.82, 2.24) is 0 Å². The number of thioether (sulfide) groups is 1. The van der Waals surface area contributed by atoms with Gasteiger partial charge in [-0.25, -0.2) is 0 Å². The Balaban J connectivity index is 1.80. The van der Waals surface area contributed by atoms with Gasteiger partial charge in [-0.15, -0.1) is 0 Å². The van der Waals surface area contributed by atoms with E-state index in [1.54, 1.807) is 0 Å². The monoisotopic (exact) mass is 118 g/mol. The van der Waals surface area contributed by atoms with E-state index < -0.39 is 0 Å². The van der Waals surface area contributed by atoms with Crippen LogP contribution < -0.4 is 0 Å². The Kier molecular flexibility index (Phi) is 2.00. The van der Waals surface area contributed by atoms with E-state index >= 15 is 0 Å². The highest BCUT2D eigenvalue weighted by molar-refractivity contribution is 8.00. The molecule has 0 atom stereocenters. The molecule has 0 heterocycles. The first-order valence-electron chi connectivity index (χ1n) is 2.66. The van der Waals surface area contributed by atoms with E-state index in [2.05, 4.69) is 0 Å². The van der Waals surface area contributed by atoms with Gasteiger partial charge in [0.15, 0.2) is 0 Å². The summed E-state index contributed by atoms with van der Waals surface area (Å²) in [7, 11) is 0. The third-order valence-electron chi connectivity index (χ3n) is 0.969. The Morgan fingerprint density at radius 2 is 2.29 bits per heavy atom. The van der Waals surface area contributed by atoms with Crippen LogP contribution in [0.1, 0.15) is 12.8 Å². The fourth-order valence-electron chi connectivity index (χ4n) is 0.454. The van der Waals surface area contributed by atoms with Crippen LogP contribution in [0, 0.1) is 0 Å². The van der Waals surface area contributed by atoms with Crippen LogP contribution in [0.3, 0.4) is 0 Å². The van der Waals surface area contributed by atoms with Crippen LogP contribution in [0.5, 0.6) is 0 Å². The highest BCUT2D eigenvalue weighted by Crippen LogP contribution is 2.33. The van der Waals surface area contributed by atoms with Crippen molar-refractivity contribution in [3.05, 3.63) is 0 Å². The number of hydrogen-bond donors (Lipinski definition) is 1. The van der Waals surface area contributed by atoms with E-state index in [0.717, 1.165) is 11.0 Å². The average Bonchev–Trinajstić information content (AvgIpc) is 2.42. The highest BCUT2D eigenvalue weighted by Gasteiger charge is 2.20. The summed E-state index contributed by atoms with van der Waals surface area (Å²) in [4.78, 5) is 0. The van der Waals surface area contributed by atoms with Gasteiger partial charge >= 0.3 is 0 Å². The molecule has 0 aliphatic heterocycles. The zero-order valence-electron chi connectivity index (χ0n) is 4.26. The first kappa shape index (κ1) is 5.45. The second-order valence-corrected chi connectivity index (χ2v) is 3.20. The normalized spacial score (nSPS) is 20.1. The topological polar surface area (TPSA) is 20.2 Å². The molecule has 1 rings (SSSR count). The summed E-state index contributed by atoms with van der Waals surface area (Å²) in [5.74, 6) is 0.935. The molecule has 0 bridgehead atoms. The van der Waals surface area contributed by atoms with Gasteiger partial charge in [-0.05, 0) is 12.8 Å². The lowest BCUT2D eigenvalue weighted by molar-refractivity contribution is 0.322. The zero-order chi connectivity index (χ0) is 5.11. The molecule has 1 N–H and O–H groups in total. The summed E-state index contributed by atoms with van der Waals surface area (Å²) in [5, 5.41) is 9.23. The van der Waals surface area contributed by atoms with Crippen molar-refractivity contribution in [2.24, 2.45) is 0 Å². The van der Waals surface area contributed by atoms with Crippen molar-refractivity contribution < 1.29 is 5.11 Å². The van der Waals surface area contributed by atoms with Crippen molar-refractivity contribution in [1.29, 1.82) is 0 Å². The second-order valence-electron chi connectivity index (χ2n) is 1.79. The predicted molar refractivity (Wildman–Crippen MR) is 32.6 cm³/mol. The summed E-state index contributed by atoms with van der Waals surface area (Å²) in [5.41, 5.74) is 0. The summed E-state index contributed by atoms with van der Waals surface area (Å²) < 4.78 is 0. The summed E-state index contributed by atoms with van der Waals surface area (Å²) in [6.45, 7) is 0.348. The number of rotatable bonds is 3. The first-order valence-corrected chi connectivity index (χ1v) is 3.71. The molecule has 1 aliphatic rings.